The van der Waals surface area contributed by atoms with E-state index in [4.69, 9.17) is 0 Å². The van der Waals surface area contributed by atoms with E-state index in [1.807, 2.05) is 6.07 Å². The first-order chi connectivity index (χ1) is 12.8. The predicted octanol–water partition coefficient (Wildman–Crippen LogP) is 3.43. The average Bonchev–Trinajstić information content (AvgIpc) is 3.39. The van der Waals surface area contributed by atoms with Crippen LogP contribution in [0.4, 0.5) is 0 Å². The van der Waals surface area contributed by atoms with Gasteiger partial charge >= 0.3 is 0 Å². The second kappa shape index (κ2) is 6.61. The van der Waals surface area contributed by atoms with Crippen molar-refractivity contribution in [3.05, 3.63) is 47.5 Å². The van der Waals surface area contributed by atoms with Gasteiger partial charge in [0.15, 0.2) is 0 Å². The second-order valence-electron chi connectivity index (χ2n) is 7.29. The van der Waals surface area contributed by atoms with Crippen LogP contribution in [0.25, 0.3) is 21.7 Å². The first-order valence-electron chi connectivity index (χ1n) is 9.25. The van der Waals surface area contributed by atoms with Gasteiger partial charge in [0.25, 0.3) is 0 Å². The van der Waals surface area contributed by atoms with E-state index >= 15 is 0 Å². The zero-order valence-electron chi connectivity index (χ0n) is 14.6. The number of piperidine rings is 3. The Hall–Kier alpha value is -2.02. The van der Waals surface area contributed by atoms with Crippen molar-refractivity contribution in [1.29, 1.82) is 0 Å². The third kappa shape index (κ3) is 2.88. The van der Waals surface area contributed by atoms with E-state index in [0.717, 1.165) is 34.2 Å². The fraction of sp³-hybridized carbons (Fsp3) is 0.400. The number of aliphatic hydroxyl groups excluding tert-OH is 1. The lowest BCUT2D eigenvalue weighted by Crippen LogP contribution is -2.48. The van der Waals surface area contributed by atoms with E-state index in [1.165, 1.54) is 30.8 Å². The summed E-state index contributed by atoms with van der Waals surface area (Å²) < 4.78 is 2.09. The fourth-order valence-corrected chi connectivity index (χ4v) is 5.12. The third-order valence-electron chi connectivity index (χ3n) is 5.73. The van der Waals surface area contributed by atoms with Crippen LogP contribution in [0.15, 0.2) is 42.6 Å². The largest absolute Gasteiger partial charge is 0.391 e. The molecule has 0 saturated carbocycles. The molecule has 6 rings (SSSR count). The number of fused-ring (bicyclic) bond motifs is 3. The molecule has 134 valence electrons. The van der Waals surface area contributed by atoms with Crippen molar-refractivity contribution in [2.24, 2.45) is 5.92 Å². The molecule has 1 N–H and O–H groups in total. The normalized spacial score (nSPS) is 24.9. The van der Waals surface area contributed by atoms with Crippen LogP contribution < -0.4 is 0 Å². The van der Waals surface area contributed by atoms with Gasteiger partial charge in [-0.2, -0.15) is 0 Å². The monoisotopic (exact) mass is 366 g/mol. The highest BCUT2D eigenvalue weighted by molar-refractivity contribution is 7.15. The van der Waals surface area contributed by atoms with E-state index in [2.05, 4.69) is 56.4 Å². The van der Waals surface area contributed by atoms with E-state index in [-0.39, 0.29) is 6.61 Å². The molecule has 1 unspecified atom stereocenters. The summed E-state index contributed by atoms with van der Waals surface area (Å²) in [4.78, 5) is 4.70. The van der Waals surface area contributed by atoms with Crippen molar-refractivity contribution >= 4 is 11.3 Å². The van der Waals surface area contributed by atoms with Gasteiger partial charge in [0, 0.05) is 21.9 Å². The molecule has 6 heteroatoms. The van der Waals surface area contributed by atoms with E-state index in [9.17, 15) is 5.11 Å². The molecule has 2 bridgehead atoms. The lowest BCUT2D eigenvalue weighted by molar-refractivity contribution is 0.0504. The summed E-state index contributed by atoms with van der Waals surface area (Å²) in [5.41, 5.74) is 3.18. The second-order valence-corrected chi connectivity index (χ2v) is 8.46. The Morgan fingerprint density at radius 2 is 1.96 bits per heavy atom. The molecule has 0 radical (unpaired) electrons. The van der Waals surface area contributed by atoms with Crippen molar-refractivity contribution < 1.29 is 5.11 Å². The quantitative estimate of drug-likeness (QED) is 0.769. The topological polar surface area (TPSA) is 54.2 Å². The molecular formula is C20H22N4OS. The van der Waals surface area contributed by atoms with Crippen molar-refractivity contribution in [1.82, 2.24) is 19.9 Å². The minimum Gasteiger partial charge on any atom is -0.391 e. The average molecular weight is 366 g/mol. The Balaban J connectivity index is 1.42. The SMILES string of the molecule is OCc1ccc(-c2cccc(-c3cn(C4CN5CCC4CC5)nn3)c2)s1. The van der Waals surface area contributed by atoms with Crippen molar-refractivity contribution in [3.63, 3.8) is 0 Å². The summed E-state index contributed by atoms with van der Waals surface area (Å²) in [6, 6.07) is 12.9. The first kappa shape index (κ1) is 16.2. The Morgan fingerprint density at radius 1 is 1.12 bits per heavy atom. The molecular weight excluding hydrogens is 344 g/mol. The van der Waals surface area contributed by atoms with E-state index in [0.29, 0.717) is 6.04 Å². The van der Waals surface area contributed by atoms with Gasteiger partial charge in [-0.1, -0.05) is 23.4 Å². The maximum Gasteiger partial charge on any atom is 0.113 e. The Bertz CT molecular complexity index is 910. The number of hydrogen-bond acceptors (Lipinski definition) is 5. The molecule has 5 heterocycles. The molecule has 5 nitrogen and oxygen atoms in total. The van der Waals surface area contributed by atoms with Crippen molar-refractivity contribution in [2.75, 3.05) is 19.6 Å². The van der Waals surface area contributed by atoms with Crippen LogP contribution in [0.2, 0.25) is 0 Å². The summed E-state index contributed by atoms with van der Waals surface area (Å²) in [5, 5.41) is 18.2. The summed E-state index contributed by atoms with van der Waals surface area (Å²) in [6.45, 7) is 3.67. The standard InChI is InChI=1S/C20H22N4OS/c25-13-17-4-5-20(26-17)16-3-1-2-15(10-16)18-11-24(22-21-18)19-12-23-8-6-14(19)7-9-23/h1-5,10-11,14,19,25H,6-9,12-13H2. The number of rotatable bonds is 4. The minimum atomic E-state index is 0.0955. The molecule has 3 fully saturated rings. The number of aromatic nitrogens is 3. The molecule has 1 aromatic carbocycles. The number of nitrogens with zero attached hydrogens (tertiary/aromatic N) is 4. The summed E-state index contributed by atoms with van der Waals surface area (Å²) in [6.07, 6.45) is 4.67. The van der Waals surface area contributed by atoms with E-state index < -0.39 is 0 Å². The highest BCUT2D eigenvalue weighted by Gasteiger charge is 2.35. The first-order valence-corrected chi connectivity index (χ1v) is 10.1. The smallest absolute Gasteiger partial charge is 0.113 e. The molecule has 0 amide bonds. The van der Waals surface area contributed by atoms with Crippen molar-refractivity contribution in [2.45, 2.75) is 25.5 Å². The molecule has 2 aromatic heterocycles. The maximum atomic E-state index is 9.29. The van der Waals surface area contributed by atoms with Gasteiger partial charge in [-0.15, -0.1) is 16.4 Å². The lowest BCUT2D eigenvalue weighted by Gasteiger charge is -2.44. The van der Waals surface area contributed by atoms with Crippen LogP contribution in [0, 0.1) is 5.92 Å². The van der Waals surface area contributed by atoms with Gasteiger partial charge < -0.3 is 10.0 Å². The Labute approximate surface area is 156 Å². The summed E-state index contributed by atoms with van der Waals surface area (Å²) >= 11 is 1.63. The van der Waals surface area contributed by atoms with Gasteiger partial charge in [-0.05, 0) is 55.6 Å². The molecule has 1 atom stereocenters. The van der Waals surface area contributed by atoms with E-state index in [1.54, 1.807) is 11.3 Å². The van der Waals surface area contributed by atoms with Gasteiger partial charge in [0.1, 0.15) is 5.69 Å². The van der Waals surface area contributed by atoms with Crippen LogP contribution in [-0.2, 0) is 6.61 Å². The molecule has 26 heavy (non-hydrogen) atoms. The number of benzene rings is 1. The number of thiophene rings is 1. The summed E-state index contributed by atoms with van der Waals surface area (Å²) in [5.74, 6) is 0.740. The zero-order chi connectivity index (χ0) is 17.5. The minimum absolute atomic E-state index is 0.0955. The molecule has 3 aromatic rings. The van der Waals surface area contributed by atoms with Gasteiger partial charge in [-0.25, -0.2) is 4.68 Å². The molecule has 0 aliphatic carbocycles. The summed E-state index contributed by atoms with van der Waals surface area (Å²) in [7, 11) is 0. The molecule has 3 saturated heterocycles. The fourth-order valence-electron chi connectivity index (χ4n) is 4.25. The van der Waals surface area contributed by atoms with Crippen molar-refractivity contribution in [3.8, 4) is 21.7 Å². The highest BCUT2D eigenvalue weighted by atomic mass is 32.1. The highest BCUT2D eigenvalue weighted by Crippen LogP contribution is 2.36. The van der Waals surface area contributed by atoms with Crippen LogP contribution in [0.5, 0.6) is 0 Å². The Kier molecular flexibility index (Phi) is 4.11. The van der Waals surface area contributed by atoms with Crippen LogP contribution >= 0.6 is 11.3 Å². The molecule has 3 aliphatic heterocycles. The predicted molar refractivity (Wildman–Crippen MR) is 103 cm³/mol. The number of aliphatic hydroxyl groups is 1. The number of hydrogen-bond donors (Lipinski definition) is 1. The van der Waals surface area contributed by atoms with Crippen LogP contribution in [-0.4, -0.2) is 44.6 Å². The Morgan fingerprint density at radius 3 is 2.69 bits per heavy atom. The van der Waals surface area contributed by atoms with Crippen LogP contribution in [0.1, 0.15) is 23.8 Å². The third-order valence-corrected chi connectivity index (χ3v) is 6.85. The maximum absolute atomic E-state index is 9.29. The van der Waals surface area contributed by atoms with Gasteiger partial charge in [-0.3, -0.25) is 0 Å². The molecule has 3 aliphatic rings. The molecule has 0 spiro atoms. The van der Waals surface area contributed by atoms with Gasteiger partial charge in [0.2, 0.25) is 0 Å². The van der Waals surface area contributed by atoms with Crippen LogP contribution in [0.3, 0.4) is 0 Å². The van der Waals surface area contributed by atoms with Gasteiger partial charge in [0.05, 0.1) is 18.8 Å². The zero-order valence-corrected chi connectivity index (χ0v) is 15.4. The lowest BCUT2D eigenvalue weighted by atomic mass is 9.84.